The van der Waals surface area contributed by atoms with Gasteiger partial charge in [-0.05, 0) is 24.6 Å². The number of hydrogen-bond donors (Lipinski definition) is 0. The molecule has 0 aromatic rings. The molecular weight excluding hydrogens is 122 g/mol. The third-order valence-electron chi connectivity index (χ3n) is 1.42. The molecule has 0 saturated carbocycles. The van der Waals surface area contributed by atoms with Crippen molar-refractivity contribution in [1.82, 2.24) is 4.90 Å². The van der Waals surface area contributed by atoms with E-state index >= 15 is 0 Å². The molecule has 10 heavy (non-hydrogen) atoms. The van der Waals surface area contributed by atoms with Crippen molar-refractivity contribution in [1.29, 1.82) is 0 Å². The number of rotatable bonds is 1. The van der Waals surface area contributed by atoms with E-state index in [9.17, 15) is 0 Å². The molecule has 1 nitrogen and oxygen atoms in total. The lowest BCUT2D eigenvalue weighted by Crippen LogP contribution is -2.08. The van der Waals surface area contributed by atoms with Gasteiger partial charge in [-0.15, -0.1) is 0 Å². The Morgan fingerprint density at radius 3 is 2.80 bits per heavy atom. The van der Waals surface area contributed by atoms with Gasteiger partial charge in [0.25, 0.3) is 0 Å². The third kappa shape index (κ3) is 1.18. The summed E-state index contributed by atoms with van der Waals surface area (Å²) >= 11 is 0. The van der Waals surface area contributed by atoms with Gasteiger partial charge in [-0.1, -0.05) is 13.2 Å². The Bertz CT molecular complexity index is 221. The van der Waals surface area contributed by atoms with Crippen molar-refractivity contribution in [3.63, 3.8) is 0 Å². The molecule has 1 rings (SSSR count). The second kappa shape index (κ2) is 2.56. The van der Waals surface area contributed by atoms with E-state index in [1.165, 1.54) is 5.57 Å². The van der Waals surface area contributed by atoms with Gasteiger partial charge >= 0.3 is 0 Å². The molecule has 0 aromatic carbocycles. The fourth-order valence-corrected chi connectivity index (χ4v) is 0.857. The first-order valence-electron chi connectivity index (χ1n) is 3.20. The van der Waals surface area contributed by atoms with Crippen LogP contribution in [0.15, 0.2) is 49.0 Å². The Hall–Kier alpha value is -1.24. The van der Waals surface area contributed by atoms with E-state index in [0.29, 0.717) is 0 Å². The average molecular weight is 133 g/mol. The monoisotopic (exact) mass is 133 g/mol. The zero-order valence-electron chi connectivity index (χ0n) is 6.17. The number of hydrogen-bond acceptors (Lipinski definition) is 1. The van der Waals surface area contributed by atoms with Crippen LogP contribution in [-0.4, -0.2) is 4.90 Å². The maximum Gasteiger partial charge on any atom is 0.0379 e. The average Bonchev–Trinajstić information content (AvgIpc) is 1.88. The maximum absolute atomic E-state index is 3.84. The van der Waals surface area contributed by atoms with Gasteiger partial charge in [-0.2, -0.15) is 0 Å². The van der Waals surface area contributed by atoms with Crippen LogP contribution in [-0.2, 0) is 0 Å². The fraction of sp³-hybridized carbons (Fsp3) is 0.111. The van der Waals surface area contributed by atoms with Crippen molar-refractivity contribution in [3.05, 3.63) is 49.0 Å². The maximum atomic E-state index is 3.84. The van der Waals surface area contributed by atoms with E-state index in [1.54, 1.807) is 6.20 Å². The Labute approximate surface area is 61.7 Å². The molecule has 0 saturated heterocycles. The summed E-state index contributed by atoms with van der Waals surface area (Å²) < 4.78 is 0. The van der Waals surface area contributed by atoms with Crippen LogP contribution >= 0.6 is 0 Å². The van der Waals surface area contributed by atoms with Gasteiger partial charge in [-0.3, -0.25) is 0 Å². The molecule has 0 fully saturated rings. The summed E-state index contributed by atoms with van der Waals surface area (Å²) in [5, 5.41) is 0. The standard InChI is InChI=1S/C9H11N/c1-4-10-6-5-8(2)7-9(10)3/h4-7H,1,3H2,2H3. The summed E-state index contributed by atoms with van der Waals surface area (Å²) in [4.78, 5) is 1.88. The first-order chi connectivity index (χ1) is 4.74. The number of nitrogens with zero attached hydrogens (tertiary/aromatic N) is 1. The van der Waals surface area contributed by atoms with Crippen molar-refractivity contribution in [2.45, 2.75) is 6.92 Å². The molecule has 0 unspecified atom stereocenters. The highest BCUT2D eigenvalue weighted by Crippen LogP contribution is 2.14. The minimum atomic E-state index is 0.968. The predicted octanol–water partition coefficient (Wildman–Crippen LogP) is 2.42. The molecule has 1 heteroatoms. The largest absolute Gasteiger partial charge is 0.325 e. The quantitative estimate of drug-likeness (QED) is 0.531. The molecule has 0 radical (unpaired) electrons. The first-order valence-corrected chi connectivity index (χ1v) is 3.20. The minimum absolute atomic E-state index is 0.968. The van der Waals surface area contributed by atoms with Crippen LogP contribution in [0.1, 0.15) is 6.92 Å². The van der Waals surface area contributed by atoms with Crippen molar-refractivity contribution in [2.24, 2.45) is 0 Å². The highest BCUT2D eigenvalue weighted by atomic mass is 15.1. The highest BCUT2D eigenvalue weighted by Gasteiger charge is 2.00. The second-order valence-corrected chi connectivity index (χ2v) is 2.29. The molecule has 1 heterocycles. The van der Waals surface area contributed by atoms with Gasteiger partial charge < -0.3 is 4.90 Å². The van der Waals surface area contributed by atoms with Crippen LogP contribution in [0.5, 0.6) is 0 Å². The first kappa shape index (κ1) is 6.87. The zero-order valence-corrected chi connectivity index (χ0v) is 6.17. The Morgan fingerprint density at radius 1 is 1.60 bits per heavy atom. The van der Waals surface area contributed by atoms with Crippen LogP contribution < -0.4 is 0 Å². The topological polar surface area (TPSA) is 3.24 Å². The summed E-state index contributed by atoms with van der Waals surface area (Å²) in [5.41, 5.74) is 2.19. The Morgan fingerprint density at radius 2 is 2.30 bits per heavy atom. The summed E-state index contributed by atoms with van der Waals surface area (Å²) in [7, 11) is 0. The summed E-state index contributed by atoms with van der Waals surface area (Å²) in [6.07, 6.45) is 7.73. The van der Waals surface area contributed by atoms with Crippen LogP contribution in [0.2, 0.25) is 0 Å². The summed E-state index contributed by atoms with van der Waals surface area (Å²) in [6, 6.07) is 0. The third-order valence-corrected chi connectivity index (χ3v) is 1.42. The SMILES string of the molecule is C=CN1C=CC(C)=CC1=C. The lowest BCUT2D eigenvalue weighted by Gasteiger charge is -2.18. The van der Waals surface area contributed by atoms with E-state index in [-0.39, 0.29) is 0 Å². The van der Waals surface area contributed by atoms with Gasteiger partial charge in [0, 0.05) is 18.1 Å². The minimum Gasteiger partial charge on any atom is -0.325 e. The summed E-state index contributed by atoms with van der Waals surface area (Å²) in [6.45, 7) is 9.53. The van der Waals surface area contributed by atoms with E-state index in [2.05, 4.69) is 13.2 Å². The molecule has 52 valence electrons. The van der Waals surface area contributed by atoms with Crippen molar-refractivity contribution < 1.29 is 0 Å². The molecule has 0 bridgehead atoms. The normalized spacial score (nSPS) is 17.1. The zero-order chi connectivity index (χ0) is 7.56. The lowest BCUT2D eigenvalue weighted by atomic mass is 10.2. The van der Waals surface area contributed by atoms with Crippen LogP contribution in [0.25, 0.3) is 0 Å². The van der Waals surface area contributed by atoms with Crippen molar-refractivity contribution >= 4 is 0 Å². The van der Waals surface area contributed by atoms with E-state index in [0.717, 1.165) is 5.70 Å². The predicted molar refractivity (Wildman–Crippen MR) is 44.1 cm³/mol. The van der Waals surface area contributed by atoms with Crippen molar-refractivity contribution in [2.75, 3.05) is 0 Å². The molecule has 0 amide bonds. The van der Waals surface area contributed by atoms with Gasteiger partial charge in [0.15, 0.2) is 0 Å². The molecule has 0 aromatic heterocycles. The van der Waals surface area contributed by atoms with Crippen molar-refractivity contribution in [3.8, 4) is 0 Å². The van der Waals surface area contributed by atoms with E-state index < -0.39 is 0 Å². The molecule has 1 aliphatic rings. The van der Waals surface area contributed by atoms with E-state index in [4.69, 9.17) is 0 Å². The van der Waals surface area contributed by atoms with Crippen LogP contribution in [0.4, 0.5) is 0 Å². The molecule has 1 aliphatic heterocycles. The van der Waals surface area contributed by atoms with Gasteiger partial charge in [0.1, 0.15) is 0 Å². The van der Waals surface area contributed by atoms with E-state index in [1.807, 2.05) is 30.2 Å². The van der Waals surface area contributed by atoms with Gasteiger partial charge in [0.05, 0.1) is 0 Å². The number of allylic oxidation sites excluding steroid dienone is 3. The Balaban J connectivity index is 2.83. The molecule has 0 atom stereocenters. The molecule has 0 aliphatic carbocycles. The van der Waals surface area contributed by atoms with Gasteiger partial charge in [0.2, 0.25) is 0 Å². The molecule has 0 spiro atoms. The lowest BCUT2D eigenvalue weighted by molar-refractivity contribution is 0.648. The molecular formula is C9H11N. The smallest absolute Gasteiger partial charge is 0.0379 e. The van der Waals surface area contributed by atoms with Crippen LogP contribution in [0, 0.1) is 0 Å². The van der Waals surface area contributed by atoms with Gasteiger partial charge in [-0.25, -0.2) is 0 Å². The fourth-order valence-electron chi connectivity index (χ4n) is 0.857. The summed E-state index contributed by atoms with van der Waals surface area (Å²) in [5.74, 6) is 0. The second-order valence-electron chi connectivity index (χ2n) is 2.29. The molecule has 0 N–H and O–H groups in total. The van der Waals surface area contributed by atoms with Crippen LogP contribution in [0.3, 0.4) is 0 Å². The highest BCUT2D eigenvalue weighted by molar-refractivity contribution is 5.33. The Kier molecular flexibility index (Phi) is 1.76.